The van der Waals surface area contributed by atoms with Gasteiger partial charge in [-0.2, -0.15) is 0 Å². The van der Waals surface area contributed by atoms with E-state index in [9.17, 15) is 19.2 Å². The molecule has 1 atom stereocenters. The normalized spacial score (nSPS) is 13.1. The molecule has 4 aromatic carbocycles. The molecular formula is C56H72O10. The molecule has 0 aromatic heterocycles. The van der Waals surface area contributed by atoms with Crippen LogP contribution in [-0.4, -0.2) is 49.8 Å². The summed E-state index contributed by atoms with van der Waals surface area (Å²) >= 11 is 0. The highest BCUT2D eigenvalue weighted by Crippen LogP contribution is 2.30. The van der Waals surface area contributed by atoms with Gasteiger partial charge in [-0.05, 0) is 129 Å². The summed E-state index contributed by atoms with van der Waals surface area (Å²) in [7, 11) is 0. The van der Waals surface area contributed by atoms with E-state index >= 15 is 0 Å². The van der Waals surface area contributed by atoms with E-state index in [1.165, 1.54) is 89.2 Å². The zero-order chi connectivity index (χ0) is 46.6. The predicted octanol–water partition coefficient (Wildman–Crippen LogP) is 14.1. The fourth-order valence-corrected chi connectivity index (χ4v) is 8.10. The highest BCUT2D eigenvalue weighted by Gasteiger charge is 2.29. The van der Waals surface area contributed by atoms with Crippen LogP contribution in [0.2, 0.25) is 0 Å². The second-order valence-electron chi connectivity index (χ2n) is 17.5. The van der Waals surface area contributed by atoms with E-state index in [1.807, 2.05) is 0 Å². The van der Waals surface area contributed by atoms with Crippen molar-refractivity contribution in [1.82, 2.24) is 0 Å². The van der Waals surface area contributed by atoms with Gasteiger partial charge in [0, 0.05) is 0 Å². The van der Waals surface area contributed by atoms with Gasteiger partial charge in [0.15, 0.2) is 0 Å². The van der Waals surface area contributed by atoms with Gasteiger partial charge in [0.25, 0.3) is 0 Å². The topological polar surface area (TPSA) is 124 Å². The lowest BCUT2D eigenvalue weighted by atomic mass is 9.85. The highest BCUT2D eigenvalue weighted by molar-refractivity contribution is 5.93. The Morgan fingerprint density at radius 3 is 1.18 bits per heavy atom. The van der Waals surface area contributed by atoms with Crippen LogP contribution in [0, 0.1) is 5.92 Å². The van der Waals surface area contributed by atoms with Crippen LogP contribution in [0.4, 0.5) is 0 Å². The van der Waals surface area contributed by atoms with E-state index in [-0.39, 0.29) is 35.2 Å². The van der Waals surface area contributed by atoms with E-state index in [4.69, 9.17) is 28.4 Å². The third-order valence-corrected chi connectivity index (χ3v) is 12.1. The molecule has 1 aliphatic rings. The van der Waals surface area contributed by atoms with Crippen molar-refractivity contribution in [1.29, 1.82) is 0 Å². The molecular weight excluding hydrogens is 833 g/mol. The Morgan fingerprint density at radius 2 is 0.773 bits per heavy atom. The lowest BCUT2D eigenvalue weighted by Crippen LogP contribution is -2.33. The Hall–Kier alpha value is -5.64. The Bertz CT molecular complexity index is 2000. The van der Waals surface area contributed by atoms with Crippen LogP contribution in [0.15, 0.2) is 97.1 Å². The zero-order valence-electron chi connectivity index (χ0n) is 39.4. The van der Waals surface area contributed by atoms with Crippen LogP contribution in [0.3, 0.4) is 0 Å². The Morgan fingerprint density at radius 1 is 0.424 bits per heavy atom. The summed E-state index contributed by atoms with van der Waals surface area (Å²) in [6, 6.07) is 26.1. The van der Waals surface area contributed by atoms with Gasteiger partial charge in [0.05, 0.1) is 35.5 Å². The van der Waals surface area contributed by atoms with Crippen molar-refractivity contribution in [2.24, 2.45) is 5.92 Å². The fourth-order valence-electron chi connectivity index (χ4n) is 8.10. The zero-order valence-corrected chi connectivity index (χ0v) is 39.4. The smallest absolute Gasteiger partial charge is 0.343 e. The number of rotatable bonds is 30. The van der Waals surface area contributed by atoms with Crippen LogP contribution in [0.5, 0.6) is 23.0 Å². The van der Waals surface area contributed by atoms with Crippen molar-refractivity contribution < 1.29 is 47.6 Å². The van der Waals surface area contributed by atoms with Crippen LogP contribution >= 0.6 is 0 Å². The molecule has 0 amide bonds. The van der Waals surface area contributed by atoms with E-state index in [2.05, 4.69) is 13.8 Å². The van der Waals surface area contributed by atoms with Gasteiger partial charge >= 0.3 is 23.9 Å². The molecule has 0 N–H and O–H groups in total. The summed E-state index contributed by atoms with van der Waals surface area (Å²) in [5.74, 6) is -0.170. The van der Waals surface area contributed by atoms with Crippen LogP contribution in [-0.2, 0) is 9.47 Å². The third-order valence-electron chi connectivity index (χ3n) is 12.1. The quantitative estimate of drug-likeness (QED) is 0.0284. The molecule has 1 unspecified atom stereocenters. The Kier molecular flexibility index (Phi) is 23.2. The van der Waals surface area contributed by atoms with Gasteiger partial charge in [0.2, 0.25) is 0 Å². The Balaban J connectivity index is 1.03. The first-order valence-corrected chi connectivity index (χ1v) is 24.8. The molecule has 10 nitrogen and oxygen atoms in total. The average Bonchev–Trinajstić information content (AvgIpc) is 3.35. The van der Waals surface area contributed by atoms with E-state index in [0.717, 1.165) is 57.8 Å². The summed E-state index contributed by atoms with van der Waals surface area (Å²) in [5.41, 5.74) is 1.31. The number of esters is 4. The maximum Gasteiger partial charge on any atom is 0.343 e. The molecule has 0 radical (unpaired) electrons. The molecule has 0 heterocycles. The maximum absolute atomic E-state index is 13.4. The second-order valence-corrected chi connectivity index (χ2v) is 17.5. The molecule has 0 bridgehead atoms. The first-order valence-electron chi connectivity index (χ1n) is 24.8. The SMILES string of the molecule is CCCCCCCCCCOc1ccc(C(=O)Oc2ccc(C(=O)OCC(OC(=O)c3ccc(OC(=O)c4ccc(OCCCCCCCCCC)cc4)cc3)C3CCCCC3)cc2)cc1. The van der Waals surface area contributed by atoms with Crippen LogP contribution < -0.4 is 18.9 Å². The summed E-state index contributed by atoms with van der Waals surface area (Å²) < 4.78 is 34.6. The minimum Gasteiger partial charge on any atom is -0.494 e. The van der Waals surface area contributed by atoms with Gasteiger partial charge in [-0.15, -0.1) is 0 Å². The van der Waals surface area contributed by atoms with Crippen molar-refractivity contribution in [2.45, 2.75) is 155 Å². The van der Waals surface area contributed by atoms with Crippen molar-refractivity contribution in [3.05, 3.63) is 119 Å². The Labute approximate surface area is 393 Å². The van der Waals surface area contributed by atoms with Crippen molar-refractivity contribution in [2.75, 3.05) is 19.8 Å². The number of hydrogen-bond donors (Lipinski definition) is 0. The monoisotopic (exact) mass is 905 g/mol. The molecule has 10 heteroatoms. The lowest BCUT2D eigenvalue weighted by molar-refractivity contribution is -0.0247. The molecule has 4 aromatic rings. The summed E-state index contributed by atoms with van der Waals surface area (Å²) in [6.45, 7) is 5.64. The molecule has 66 heavy (non-hydrogen) atoms. The fraction of sp³-hybridized carbons (Fsp3) is 0.500. The molecule has 5 rings (SSSR count). The molecule has 0 spiro atoms. The van der Waals surface area contributed by atoms with Crippen LogP contribution in [0.25, 0.3) is 0 Å². The first-order chi connectivity index (χ1) is 32.3. The standard InChI is InChI=1S/C56H72O10/c1-3-5-7-9-11-13-15-20-40-61-48-32-24-45(25-33-48)54(58)64-50-36-28-44(29-37-50)53(57)63-42-52(43-22-18-17-19-23-43)66-56(60)47-30-38-51(39-31-47)65-55(59)46-26-34-49(35-27-46)62-41-21-16-14-12-10-8-6-4-2/h24-39,43,52H,3-23,40-42H2,1-2H3. The molecule has 1 saturated carbocycles. The number of carbonyl (C=O) groups excluding carboxylic acids is 4. The number of ether oxygens (including phenoxy) is 6. The van der Waals surface area contributed by atoms with Gasteiger partial charge in [-0.3, -0.25) is 0 Å². The lowest BCUT2D eigenvalue weighted by Gasteiger charge is -2.29. The predicted molar refractivity (Wildman–Crippen MR) is 258 cm³/mol. The summed E-state index contributed by atoms with van der Waals surface area (Å²) in [4.78, 5) is 52.3. The molecule has 0 saturated heterocycles. The van der Waals surface area contributed by atoms with Crippen molar-refractivity contribution in [3.8, 4) is 23.0 Å². The molecule has 0 aliphatic heterocycles. The minimum atomic E-state index is -0.645. The largest absolute Gasteiger partial charge is 0.494 e. The number of carbonyl (C=O) groups is 4. The minimum absolute atomic E-state index is 0.0370. The molecule has 1 aliphatic carbocycles. The summed E-state index contributed by atoms with van der Waals surface area (Å²) in [5, 5.41) is 0. The number of unbranched alkanes of at least 4 members (excludes halogenated alkanes) is 14. The summed E-state index contributed by atoms with van der Waals surface area (Å²) in [6.07, 6.45) is 23.9. The van der Waals surface area contributed by atoms with E-state index < -0.39 is 30.0 Å². The molecule has 356 valence electrons. The highest BCUT2D eigenvalue weighted by atomic mass is 16.6. The number of benzene rings is 4. The average molecular weight is 905 g/mol. The number of hydrogen-bond acceptors (Lipinski definition) is 10. The third kappa shape index (κ3) is 18.7. The molecule has 1 fully saturated rings. The van der Waals surface area contributed by atoms with Gasteiger partial charge in [0.1, 0.15) is 35.7 Å². The first kappa shape index (κ1) is 51.3. The van der Waals surface area contributed by atoms with E-state index in [1.54, 1.807) is 84.9 Å². The van der Waals surface area contributed by atoms with Crippen molar-refractivity contribution >= 4 is 23.9 Å². The second kappa shape index (κ2) is 29.8. The van der Waals surface area contributed by atoms with Gasteiger partial charge in [-0.25, -0.2) is 19.2 Å². The van der Waals surface area contributed by atoms with Crippen LogP contribution in [0.1, 0.15) is 190 Å². The maximum atomic E-state index is 13.4. The van der Waals surface area contributed by atoms with Gasteiger partial charge < -0.3 is 28.4 Å². The van der Waals surface area contributed by atoms with E-state index in [0.29, 0.717) is 35.8 Å². The van der Waals surface area contributed by atoms with Gasteiger partial charge in [-0.1, -0.05) is 123 Å². The van der Waals surface area contributed by atoms with Crippen molar-refractivity contribution in [3.63, 3.8) is 0 Å².